The van der Waals surface area contributed by atoms with E-state index in [9.17, 15) is 13.5 Å². The summed E-state index contributed by atoms with van der Waals surface area (Å²) in [6, 6.07) is 0. The molecule has 0 saturated heterocycles. The number of aliphatic hydroxyl groups is 1. The predicted molar refractivity (Wildman–Crippen MR) is 41.1 cm³/mol. The first kappa shape index (κ1) is 9.91. The molecule has 0 aromatic carbocycles. The maximum atomic E-state index is 10.8. The van der Waals surface area contributed by atoms with Crippen LogP contribution in [0.4, 0.5) is 0 Å². The predicted octanol–water partition coefficient (Wildman–Crippen LogP) is -0.381. The zero-order valence-corrected chi connectivity index (χ0v) is 7.54. The molecule has 72 valence electrons. The van der Waals surface area contributed by atoms with Gasteiger partial charge in [-0.1, -0.05) is 0 Å². The van der Waals surface area contributed by atoms with E-state index in [0.717, 1.165) is 0 Å². The van der Waals surface area contributed by atoms with Gasteiger partial charge >= 0.3 is 0 Å². The highest BCUT2D eigenvalue weighted by molar-refractivity contribution is 7.87. The highest BCUT2D eigenvalue weighted by Crippen LogP contribution is 2.42. The molecule has 0 aromatic rings. The second kappa shape index (κ2) is 2.95. The van der Waals surface area contributed by atoms with Crippen LogP contribution in [-0.2, 0) is 14.9 Å². The van der Waals surface area contributed by atoms with Crippen molar-refractivity contribution >= 4 is 10.1 Å². The van der Waals surface area contributed by atoms with E-state index < -0.39 is 15.1 Å². The van der Waals surface area contributed by atoms with Gasteiger partial charge in [0.15, 0.2) is 0 Å². The van der Waals surface area contributed by atoms with Crippen molar-refractivity contribution in [2.45, 2.75) is 17.8 Å². The Morgan fingerprint density at radius 2 is 2.08 bits per heavy atom. The van der Waals surface area contributed by atoms with Crippen molar-refractivity contribution in [3.8, 4) is 0 Å². The molecule has 0 radical (unpaired) electrons. The number of hydrogen-bond donors (Lipinski definition) is 2. The van der Waals surface area contributed by atoms with E-state index in [1.54, 1.807) is 0 Å². The lowest BCUT2D eigenvalue weighted by Gasteiger charge is -2.23. The summed E-state index contributed by atoms with van der Waals surface area (Å²) in [5, 5.41) is 9.52. The first-order valence-corrected chi connectivity index (χ1v) is 5.04. The van der Waals surface area contributed by atoms with Gasteiger partial charge in [0.05, 0.1) is 6.61 Å². The maximum absolute atomic E-state index is 10.8. The monoisotopic (exact) mass is 196 g/mol. The molecule has 0 heterocycles. The molecule has 6 heteroatoms. The minimum atomic E-state index is -4.43. The van der Waals surface area contributed by atoms with Crippen LogP contribution in [0.1, 0.15) is 12.8 Å². The molecule has 1 aliphatic carbocycles. The summed E-state index contributed by atoms with van der Waals surface area (Å²) < 4.78 is 34.8. The Morgan fingerprint density at radius 1 is 1.58 bits per heavy atom. The fraction of sp³-hybridized carbons (Fsp3) is 1.00. The molecule has 1 rings (SSSR count). The van der Waals surface area contributed by atoms with Gasteiger partial charge in [0.1, 0.15) is 0 Å². The van der Waals surface area contributed by atoms with Crippen LogP contribution in [0, 0.1) is 5.92 Å². The van der Waals surface area contributed by atoms with Crippen LogP contribution in [0.25, 0.3) is 0 Å². The van der Waals surface area contributed by atoms with Crippen LogP contribution >= 0.6 is 0 Å². The van der Waals surface area contributed by atoms with Crippen LogP contribution in [0.3, 0.4) is 0 Å². The summed E-state index contributed by atoms with van der Waals surface area (Å²) in [7, 11) is -3.16. The first-order valence-electron chi connectivity index (χ1n) is 3.60. The van der Waals surface area contributed by atoms with Crippen molar-refractivity contribution in [3.63, 3.8) is 0 Å². The molecule has 2 N–H and O–H groups in total. The number of hydrogen-bond acceptors (Lipinski definition) is 4. The van der Waals surface area contributed by atoms with E-state index in [4.69, 9.17) is 4.55 Å². The summed E-state index contributed by atoms with van der Waals surface area (Å²) in [5.41, 5.74) is 0. The van der Waals surface area contributed by atoms with Gasteiger partial charge in [-0.25, -0.2) is 0 Å². The summed E-state index contributed by atoms with van der Waals surface area (Å²) >= 11 is 0. The van der Waals surface area contributed by atoms with Gasteiger partial charge in [0.25, 0.3) is 10.1 Å². The Hall–Kier alpha value is -0.170. The van der Waals surface area contributed by atoms with E-state index in [1.807, 2.05) is 0 Å². The van der Waals surface area contributed by atoms with E-state index in [-0.39, 0.29) is 12.5 Å². The average Bonchev–Trinajstić information content (AvgIpc) is 2.65. The minimum Gasteiger partial charge on any atom is -0.380 e. The van der Waals surface area contributed by atoms with Gasteiger partial charge < -0.3 is 9.84 Å². The number of rotatable bonds is 4. The van der Waals surface area contributed by atoms with Gasteiger partial charge in [-0.3, -0.25) is 4.55 Å². The summed E-state index contributed by atoms with van der Waals surface area (Å²) in [6.45, 7) is -0.378. The second-order valence-electron chi connectivity index (χ2n) is 3.03. The van der Waals surface area contributed by atoms with Gasteiger partial charge in [-0.15, -0.1) is 0 Å². The summed E-state index contributed by atoms with van der Waals surface area (Å²) in [6.07, 6.45) is 1.22. The lowest BCUT2D eigenvalue weighted by Crippen LogP contribution is -2.44. The van der Waals surface area contributed by atoms with Gasteiger partial charge in [0.2, 0.25) is 4.93 Å². The third kappa shape index (κ3) is 1.61. The average molecular weight is 196 g/mol. The van der Waals surface area contributed by atoms with Crippen molar-refractivity contribution in [1.29, 1.82) is 0 Å². The summed E-state index contributed by atoms with van der Waals surface area (Å²) in [5.74, 6) is -0.382. The molecular formula is C6H12O5S. The molecule has 1 unspecified atom stereocenters. The van der Waals surface area contributed by atoms with Crippen LogP contribution in [-0.4, -0.2) is 36.7 Å². The van der Waals surface area contributed by atoms with E-state index in [2.05, 4.69) is 4.74 Å². The molecule has 1 aliphatic rings. The Morgan fingerprint density at radius 3 is 2.33 bits per heavy atom. The molecule has 0 amide bonds. The summed E-state index contributed by atoms with van der Waals surface area (Å²) in [4.78, 5) is -2.10. The van der Waals surface area contributed by atoms with E-state index >= 15 is 0 Å². The molecule has 12 heavy (non-hydrogen) atoms. The number of methoxy groups -OCH3 is 1. The molecule has 0 spiro atoms. The maximum Gasteiger partial charge on any atom is 0.297 e. The quantitative estimate of drug-likeness (QED) is 0.599. The van der Waals surface area contributed by atoms with Gasteiger partial charge in [0, 0.05) is 13.0 Å². The fourth-order valence-electron chi connectivity index (χ4n) is 1.14. The molecule has 1 saturated carbocycles. The molecule has 0 aliphatic heterocycles. The van der Waals surface area contributed by atoms with Crippen LogP contribution in [0.15, 0.2) is 0 Å². The molecule has 1 atom stereocenters. The lowest BCUT2D eigenvalue weighted by atomic mass is 10.2. The highest BCUT2D eigenvalue weighted by Gasteiger charge is 2.53. The zero-order valence-electron chi connectivity index (χ0n) is 6.73. The molecular weight excluding hydrogens is 184 g/mol. The topological polar surface area (TPSA) is 83.8 Å². The van der Waals surface area contributed by atoms with E-state index in [1.165, 1.54) is 7.11 Å². The van der Waals surface area contributed by atoms with Crippen LogP contribution < -0.4 is 0 Å². The number of ether oxygens (including phenoxy) is 1. The third-order valence-corrected chi connectivity index (χ3v) is 3.36. The van der Waals surface area contributed by atoms with E-state index in [0.29, 0.717) is 12.8 Å². The molecule has 0 aromatic heterocycles. The van der Waals surface area contributed by atoms with Crippen molar-refractivity contribution in [3.05, 3.63) is 0 Å². The Kier molecular flexibility index (Phi) is 2.44. The molecule has 0 bridgehead atoms. The Labute approximate surface area is 71.1 Å². The lowest BCUT2D eigenvalue weighted by molar-refractivity contribution is 0.00983. The fourth-order valence-corrected chi connectivity index (χ4v) is 2.07. The van der Waals surface area contributed by atoms with Crippen molar-refractivity contribution in [2.75, 3.05) is 13.7 Å². The van der Waals surface area contributed by atoms with Crippen molar-refractivity contribution in [2.24, 2.45) is 5.92 Å². The standard InChI is InChI=1S/C6H12O5S/c1-11-4-6(7,5-2-3-5)12(8,9)10/h5,7H,2-4H2,1H3,(H,8,9,10). The Balaban J connectivity index is 2.85. The van der Waals surface area contributed by atoms with Gasteiger partial charge in [-0.05, 0) is 12.8 Å². The SMILES string of the molecule is COCC(O)(C1CC1)S(=O)(=O)O. The van der Waals surface area contributed by atoms with Crippen LogP contribution in [0.5, 0.6) is 0 Å². The third-order valence-electron chi connectivity index (χ3n) is 2.01. The minimum absolute atomic E-state index is 0.378. The van der Waals surface area contributed by atoms with Crippen molar-refractivity contribution < 1.29 is 22.8 Å². The zero-order chi connectivity index (χ0) is 9.41. The van der Waals surface area contributed by atoms with Crippen LogP contribution in [0.2, 0.25) is 0 Å². The van der Waals surface area contributed by atoms with Gasteiger partial charge in [-0.2, -0.15) is 8.42 Å². The normalized spacial score (nSPS) is 23.6. The molecule has 5 nitrogen and oxygen atoms in total. The first-order chi connectivity index (χ1) is 5.42. The highest BCUT2D eigenvalue weighted by atomic mass is 32.2. The smallest absolute Gasteiger partial charge is 0.297 e. The van der Waals surface area contributed by atoms with Crippen molar-refractivity contribution in [1.82, 2.24) is 0 Å². The largest absolute Gasteiger partial charge is 0.380 e. The molecule has 1 fully saturated rings. The Bertz CT molecular complexity index is 255. The second-order valence-corrected chi connectivity index (χ2v) is 4.68.